The Labute approximate surface area is 171 Å². The van der Waals surface area contributed by atoms with E-state index >= 15 is 0 Å². The molecule has 0 unspecified atom stereocenters. The van der Waals surface area contributed by atoms with Gasteiger partial charge in [0.2, 0.25) is 0 Å². The van der Waals surface area contributed by atoms with Crippen molar-refractivity contribution in [2.75, 3.05) is 13.6 Å². The number of rotatable bonds is 8. The summed E-state index contributed by atoms with van der Waals surface area (Å²) in [5.41, 5.74) is 1.34. The molecule has 142 valence electrons. The summed E-state index contributed by atoms with van der Waals surface area (Å²) in [6.07, 6.45) is 1.01. The average molecular weight is 388 g/mol. The summed E-state index contributed by atoms with van der Waals surface area (Å²) in [7, 11) is 2.18. The van der Waals surface area contributed by atoms with E-state index in [2.05, 4.69) is 102 Å². The van der Waals surface area contributed by atoms with E-state index in [4.69, 9.17) is 4.74 Å². The zero-order chi connectivity index (χ0) is 19.2. The molecule has 2 nitrogen and oxygen atoms in total. The smallest absolute Gasteiger partial charge is 0.134 e. The molecule has 0 aliphatic rings. The van der Waals surface area contributed by atoms with Gasteiger partial charge in [0.15, 0.2) is 0 Å². The first-order chi connectivity index (χ1) is 13.8. The van der Waals surface area contributed by atoms with Crippen LogP contribution < -0.4 is 4.74 Å². The molecule has 1 aromatic heterocycles. The Hall–Kier alpha value is -2.62. The molecule has 3 heteroatoms. The maximum absolute atomic E-state index is 6.56. The fourth-order valence-electron chi connectivity index (χ4n) is 3.50. The first-order valence-corrected chi connectivity index (χ1v) is 10.6. The van der Waals surface area contributed by atoms with E-state index < -0.39 is 0 Å². The third kappa shape index (κ3) is 4.61. The predicted octanol–water partition coefficient (Wildman–Crippen LogP) is 6.54. The van der Waals surface area contributed by atoms with Gasteiger partial charge in [0.05, 0.1) is 0 Å². The predicted molar refractivity (Wildman–Crippen MR) is 119 cm³/mol. The van der Waals surface area contributed by atoms with Crippen LogP contribution in [0.2, 0.25) is 0 Å². The maximum atomic E-state index is 6.56. The summed E-state index contributed by atoms with van der Waals surface area (Å²) in [4.78, 5) is 3.64. The molecular weight excluding hydrogens is 362 g/mol. The van der Waals surface area contributed by atoms with Gasteiger partial charge < -0.3 is 9.64 Å². The van der Waals surface area contributed by atoms with Crippen molar-refractivity contribution in [3.63, 3.8) is 0 Å². The molecule has 0 radical (unpaired) electrons. The minimum absolute atomic E-state index is 0.0593. The molecule has 0 saturated carbocycles. The van der Waals surface area contributed by atoms with Crippen molar-refractivity contribution in [3.8, 4) is 5.75 Å². The van der Waals surface area contributed by atoms with Gasteiger partial charge in [-0.3, -0.25) is 0 Å². The summed E-state index contributed by atoms with van der Waals surface area (Å²) >= 11 is 1.77. The minimum Gasteiger partial charge on any atom is -0.484 e. The Kier molecular flexibility index (Phi) is 6.05. The third-order valence-electron chi connectivity index (χ3n) is 4.95. The second kappa shape index (κ2) is 9.05. The number of fused-ring (bicyclic) bond motifs is 1. The van der Waals surface area contributed by atoms with Crippen LogP contribution in [0.25, 0.3) is 10.8 Å². The molecule has 0 aliphatic carbocycles. The number of thiophene rings is 1. The van der Waals surface area contributed by atoms with Gasteiger partial charge in [-0.25, -0.2) is 0 Å². The second-order valence-electron chi connectivity index (χ2n) is 7.11. The molecule has 0 amide bonds. The van der Waals surface area contributed by atoms with Crippen molar-refractivity contribution in [2.45, 2.75) is 19.1 Å². The molecule has 0 saturated heterocycles. The molecule has 0 fully saturated rings. The summed E-state index contributed by atoms with van der Waals surface area (Å²) in [5, 5.41) is 4.51. The van der Waals surface area contributed by atoms with Crippen molar-refractivity contribution in [1.82, 2.24) is 4.90 Å². The van der Waals surface area contributed by atoms with Crippen LogP contribution in [-0.2, 0) is 6.54 Å². The quantitative estimate of drug-likeness (QED) is 0.340. The molecule has 1 atom stereocenters. The Morgan fingerprint density at radius 3 is 2.46 bits per heavy atom. The summed E-state index contributed by atoms with van der Waals surface area (Å²) in [6.45, 7) is 1.93. The zero-order valence-electron chi connectivity index (χ0n) is 16.1. The summed E-state index contributed by atoms with van der Waals surface area (Å²) in [5.74, 6) is 0.960. The van der Waals surface area contributed by atoms with Gasteiger partial charge in [0.25, 0.3) is 0 Å². The van der Waals surface area contributed by atoms with Gasteiger partial charge in [-0.1, -0.05) is 72.8 Å². The van der Waals surface area contributed by atoms with E-state index in [0.29, 0.717) is 0 Å². The van der Waals surface area contributed by atoms with E-state index in [0.717, 1.165) is 25.3 Å². The van der Waals surface area contributed by atoms with E-state index in [1.165, 1.54) is 21.2 Å². The van der Waals surface area contributed by atoms with Gasteiger partial charge in [0, 0.05) is 29.8 Å². The number of ether oxygens (including phenoxy) is 1. The van der Waals surface area contributed by atoms with Gasteiger partial charge in [0.1, 0.15) is 11.9 Å². The first-order valence-electron chi connectivity index (χ1n) is 9.70. The molecule has 0 spiro atoms. The molecule has 0 bridgehead atoms. The largest absolute Gasteiger partial charge is 0.484 e. The number of hydrogen-bond acceptors (Lipinski definition) is 3. The number of hydrogen-bond donors (Lipinski definition) is 0. The lowest BCUT2D eigenvalue weighted by molar-refractivity contribution is 0.176. The van der Waals surface area contributed by atoms with Crippen LogP contribution in [0.4, 0.5) is 0 Å². The zero-order valence-corrected chi connectivity index (χ0v) is 16.9. The molecule has 0 N–H and O–H groups in total. The van der Waals surface area contributed by atoms with Crippen molar-refractivity contribution in [1.29, 1.82) is 0 Å². The fourth-order valence-corrected chi connectivity index (χ4v) is 4.29. The van der Waals surface area contributed by atoms with Gasteiger partial charge in [-0.15, -0.1) is 11.3 Å². The van der Waals surface area contributed by atoms with Crippen LogP contribution in [0.1, 0.15) is 23.0 Å². The minimum atomic E-state index is 0.0593. The lowest BCUT2D eigenvalue weighted by Gasteiger charge is -2.23. The highest BCUT2D eigenvalue weighted by Gasteiger charge is 2.17. The van der Waals surface area contributed by atoms with Crippen molar-refractivity contribution < 1.29 is 4.74 Å². The second-order valence-corrected chi connectivity index (χ2v) is 8.09. The molecular formula is C25H25NOS. The van der Waals surface area contributed by atoms with Crippen LogP contribution in [0.15, 0.2) is 90.3 Å². The van der Waals surface area contributed by atoms with Crippen LogP contribution in [0.5, 0.6) is 5.75 Å². The van der Waals surface area contributed by atoms with Crippen LogP contribution in [0, 0.1) is 0 Å². The van der Waals surface area contributed by atoms with Crippen molar-refractivity contribution in [3.05, 3.63) is 101 Å². The van der Waals surface area contributed by atoms with Crippen LogP contribution in [0.3, 0.4) is 0 Å². The van der Waals surface area contributed by atoms with E-state index in [1.54, 1.807) is 11.3 Å². The SMILES string of the molecule is CN(CC[C@H](Oc1cccc2ccccc12)c1cccs1)Cc1ccccc1. The molecule has 0 aliphatic heterocycles. The first kappa shape index (κ1) is 18.7. The fraction of sp³-hybridized carbons (Fsp3) is 0.200. The molecule has 4 rings (SSSR count). The Morgan fingerprint density at radius 2 is 1.64 bits per heavy atom. The highest BCUT2D eigenvalue weighted by molar-refractivity contribution is 7.10. The molecule has 1 heterocycles. The van der Waals surface area contributed by atoms with Crippen LogP contribution >= 0.6 is 11.3 Å². The highest BCUT2D eigenvalue weighted by Crippen LogP contribution is 2.32. The van der Waals surface area contributed by atoms with Gasteiger partial charge in [-0.2, -0.15) is 0 Å². The Morgan fingerprint density at radius 1 is 0.857 bits per heavy atom. The highest BCUT2D eigenvalue weighted by atomic mass is 32.1. The summed E-state index contributed by atoms with van der Waals surface area (Å²) in [6, 6.07) is 29.6. The Bertz CT molecular complexity index is 992. The topological polar surface area (TPSA) is 12.5 Å². The average Bonchev–Trinajstić information content (AvgIpc) is 3.27. The standard InChI is InChI=1S/C25H25NOS/c1-26(19-20-9-3-2-4-10-20)17-16-24(25-15-8-18-28-25)27-23-14-7-12-21-11-5-6-13-22(21)23/h2-15,18,24H,16-17,19H2,1H3/t24-/m0/s1. The van der Waals surface area contributed by atoms with E-state index in [9.17, 15) is 0 Å². The van der Waals surface area contributed by atoms with Crippen molar-refractivity contribution in [2.24, 2.45) is 0 Å². The normalized spacial score (nSPS) is 12.4. The Balaban J connectivity index is 1.48. The van der Waals surface area contributed by atoms with Crippen LogP contribution in [-0.4, -0.2) is 18.5 Å². The van der Waals surface area contributed by atoms with Gasteiger partial charge in [-0.05, 0) is 35.5 Å². The maximum Gasteiger partial charge on any atom is 0.134 e. The van der Waals surface area contributed by atoms with E-state index in [1.807, 2.05) is 0 Å². The molecule has 4 aromatic rings. The lowest BCUT2D eigenvalue weighted by Crippen LogP contribution is -2.22. The third-order valence-corrected chi connectivity index (χ3v) is 5.91. The van der Waals surface area contributed by atoms with Crippen molar-refractivity contribution >= 4 is 22.1 Å². The monoisotopic (exact) mass is 387 g/mol. The molecule has 28 heavy (non-hydrogen) atoms. The number of nitrogens with zero attached hydrogens (tertiary/aromatic N) is 1. The summed E-state index contributed by atoms with van der Waals surface area (Å²) < 4.78 is 6.56. The van der Waals surface area contributed by atoms with Gasteiger partial charge >= 0.3 is 0 Å². The lowest BCUT2D eigenvalue weighted by atomic mass is 10.1. The molecule has 3 aromatic carbocycles. The van der Waals surface area contributed by atoms with E-state index in [-0.39, 0.29) is 6.10 Å². The number of benzene rings is 3.